The lowest BCUT2D eigenvalue weighted by atomic mass is 9.79. The summed E-state index contributed by atoms with van der Waals surface area (Å²) in [6.45, 7) is 6.85. The molecular weight excluding hydrogens is 313 g/mol. The highest BCUT2D eigenvalue weighted by Crippen LogP contribution is 2.34. The number of pyridine rings is 1. The van der Waals surface area contributed by atoms with Gasteiger partial charge in [0.2, 0.25) is 0 Å². The molecule has 3 nitrogen and oxygen atoms in total. The van der Waals surface area contributed by atoms with Gasteiger partial charge in [0.15, 0.2) is 0 Å². The number of aryl methyl sites for hydroxylation is 1. The Labute approximate surface area is 149 Å². The minimum absolute atomic E-state index is 0.212. The Hall–Kier alpha value is -1.94. The molecule has 5 rings (SSSR count). The van der Waals surface area contributed by atoms with Gasteiger partial charge in [-0.25, -0.2) is 4.39 Å². The van der Waals surface area contributed by atoms with Crippen molar-refractivity contribution in [2.45, 2.75) is 45.2 Å². The van der Waals surface area contributed by atoms with Crippen LogP contribution in [0.1, 0.15) is 32.3 Å². The van der Waals surface area contributed by atoms with E-state index in [1.807, 2.05) is 30.5 Å². The molecule has 2 atom stereocenters. The minimum Gasteiger partial charge on any atom is -0.379 e. The first-order chi connectivity index (χ1) is 12.2. The molecule has 0 spiro atoms. The average molecular weight is 339 g/mol. The number of rotatable bonds is 4. The van der Waals surface area contributed by atoms with Crippen molar-refractivity contribution in [1.82, 2.24) is 9.88 Å². The quantitative estimate of drug-likeness (QED) is 0.898. The van der Waals surface area contributed by atoms with Crippen molar-refractivity contribution in [3.8, 4) is 11.3 Å². The predicted molar refractivity (Wildman–Crippen MR) is 100 cm³/mol. The Morgan fingerprint density at radius 1 is 1.20 bits per heavy atom. The smallest absolute Gasteiger partial charge is 0.132 e. The van der Waals surface area contributed by atoms with Gasteiger partial charge in [-0.1, -0.05) is 13.0 Å². The van der Waals surface area contributed by atoms with Crippen LogP contribution in [0.25, 0.3) is 11.3 Å². The fourth-order valence-corrected chi connectivity index (χ4v) is 4.36. The number of halogens is 1. The molecule has 132 valence electrons. The standard InChI is InChI=1S/C21H26FN3/c1-3-15-4-6-19(22)18(12-15)20-7-5-17(13-23-20)24-21-14(2)25-10-8-16(21)9-11-25/h4-7,12-14,16,21,24H,3,8-11H2,1-2H3/t14-,21-/m1/s1. The fourth-order valence-electron chi connectivity index (χ4n) is 4.36. The molecular formula is C21H26FN3. The van der Waals surface area contributed by atoms with E-state index < -0.39 is 0 Å². The lowest BCUT2D eigenvalue weighted by Gasteiger charge is -2.50. The first-order valence-electron chi connectivity index (χ1n) is 9.41. The summed E-state index contributed by atoms with van der Waals surface area (Å²) in [6.07, 6.45) is 5.30. The summed E-state index contributed by atoms with van der Waals surface area (Å²) in [7, 11) is 0. The summed E-state index contributed by atoms with van der Waals surface area (Å²) in [5.74, 6) is 0.537. The zero-order chi connectivity index (χ0) is 17.4. The Bertz CT molecular complexity index is 733. The van der Waals surface area contributed by atoms with Gasteiger partial charge < -0.3 is 5.32 Å². The highest BCUT2D eigenvalue weighted by Gasteiger charge is 2.39. The molecule has 0 unspecified atom stereocenters. The third kappa shape index (κ3) is 3.15. The predicted octanol–water partition coefficient (Wildman–Crippen LogP) is 4.34. The van der Waals surface area contributed by atoms with Crippen LogP contribution in [-0.2, 0) is 6.42 Å². The summed E-state index contributed by atoms with van der Waals surface area (Å²) in [5, 5.41) is 3.68. The summed E-state index contributed by atoms with van der Waals surface area (Å²) in [6, 6.07) is 10.3. The lowest BCUT2D eigenvalue weighted by Crippen LogP contribution is -2.59. The van der Waals surface area contributed by atoms with E-state index >= 15 is 0 Å². The molecule has 4 heterocycles. The second-order valence-electron chi connectivity index (χ2n) is 7.38. The van der Waals surface area contributed by atoms with Gasteiger partial charge in [-0.15, -0.1) is 0 Å². The van der Waals surface area contributed by atoms with Gasteiger partial charge in [-0.3, -0.25) is 9.88 Å². The van der Waals surface area contributed by atoms with Crippen LogP contribution in [0.2, 0.25) is 0 Å². The molecule has 3 fully saturated rings. The van der Waals surface area contributed by atoms with Gasteiger partial charge >= 0.3 is 0 Å². The van der Waals surface area contributed by atoms with Gasteiger partial charge in [-0.05, 0) is 75.0 Å². The molecule has 1 aromatic heterocycles. The molecule has 3 aliphatic heterocycles. The number of aromatic nitrogens is 1. The molecule has 25 heavy (non-hydrogen) atoms. The molecule has 2 bridgehead atoms. The molecule has 3 aliphatic rings. The molecule has 0 radical (unpaired) electrons. The van der Waals surface area contributed by atoms with E-state index in [1.54, 1.807) is 0 Å². The highest BCUT2D eigenvalue weighted by molar-refractivity contribution is 5.63. The molecule has 2 aromatic rings. The Kier molecular flexibility index (Phi) is 4.46. The SMILES string of the molecule is CCc1ccc(F)c(-c2ccc(N[C@H]3C4CCN(CC4)[C@@H]3C)cn2)c1. The van der Waals surface area contributed by atoms with E-state index in [4.69, 9.17) is 0 Å². The first kappa shape index (κ1) is 16.5. The minimum atomic E-state index is -0.212. The van der Waals surface area contributed by atoms with E-state index in [-0.39, 0.29) is 5.82 Å². The van der Waals surface area contributed by atoms with Crippen molar-refractivity contribution in [2.24, 2.45) is 5.92 Å². The summed E-state index contributed by atoms with van der Waals surface area (Å²) in [4.78, 5) is 7.10. The number of nitrogens with one attached hydrogen (secondary N) is 1. The second-order valence-corrected chi connectivity index (χ2v) is 7.38. The molecule has 1 N–H and O–H groups in total. The lowest BCUT2D eigenvalue weighted by molar-refractivity contribution is 0.0458. The van der Waals surface area contributed by atoms with Crippen molar-refractivity contribution in [3.63, 3.8) is 0 Å². The van der Waals surface area contributed by atoms with E-state index in [0.29, 0.717) is 23.3 Å². The normalized spacial score (nSPS) is 28.1. The number of nitrogens with zero attached hydrogens (tertiary/aromatic N) is 2. The summed E-state index contributed by atoms with van der Waals surface area (Å²) in [5.41, 5.74) is 3.44. The van der Waals surface area contributed by atoms with Crippen LogP contribution >= 0.6 is 0 Å². The molecule has 0 saturated carbocycles. The van der Waals surface area contributed by atoms with Crippen molar-refractivity contribution in [1.29, 1.82) is 0 Å². The Morgan fingerprint density at radius 3 is 2.64 bits per heavy atom. The third-order valence-corrected chi connectivity index (χ3v) is 5.99. The Morgan fingerprint density at radius 2 is 2.00 bits per heavy atom. The summed E-state index contributed by atoms with van der Waals surface area (Å²) < 4.78 is 14.2. The number of piperidine rings is 3. The van der Waals surface area contributed by atoms with Crippen LogP contribution in [0.5, 0.6) is 0 Å². The fraction of sp³-hybridized carbons (Fsp3) is 0.476. The topological polar surface area (TPSA) is 28.2 Å². The van der Waals surface area contributed by atoms with Gasteiger partial charge in [0.25, 0.3) is 0 Å². The van der Waals surface area contributed by atoms with E-state index in [9.17, 15) is 4.39 Å². The molecule has 4 heteroatoms. The third-order valence-electron chi connectivity index (χ3n) is 5.99. The van der Waals surface area contributed by atoms with E-state index in [2.05, 4.69) is 29.0 Å². The second kappa shape index (κ2) is 6.75. The maximum absolute atomic E-state index is 14.2. The number of anilines is 1. The van der Waals surface area contributed by atoms with E-state index in [1.165, 1.54) is 32.0 Å². The first-order valence-corrected chi connectivity index (χ1v) is 9.41. The number of benzene rings is 1. The highest BCUT2D eigenvalue weighted by atomic mass is 19.1. The van der Waals surface area contributed by atoms with Crippen LogP contribution in [0.3, 0.4) is 0 Å². The van der Waals surface area contributed by atoms with Crippen LogP contribution in [-0.4, -0.2) is 35.1 Å². The molecule has 0 aliphatic carbocycles. The van der Waals surface area contributed by atoms with Crippen molar-refractivity contribution >= 4 is 5.69 Å². The number of hydrogen-bond donors (Lipinski definition) is 1. The van der Waals surface area contributed by atoms with Crippen LogP contribution in [0, 0.1) is 11.7 Å². The van der Waals surface area contributed by atoms with Gasteiger partial charge in [-0.2, -0.15) is 0 Å². The van der Waals surface area contributed by atoms with Crippen molar-refractivity contribution in [3.05, 3.63) is 47.9 Å². The largest absolute Gasteiger partial charge is 0.379 e. The zero-order valence-corrected chi connectivity index (χ0v) is 15.0. The van der Waals surface area contributed by atoms with Crippen molar-refractivity contribution < 1.29 is 4.39 Å². The maximum atomic E-state index is 14.2. The maximum Gasteiger partial charge on any atom is 0.132 e. The van der Waals surface area contributed by atoms with Gasteiger partial charge in [0.1, 0.15) is 5.82 Å². The van der Waals surface area contributed by atoms with E-state index in [0.717, 1.165) is 23.6 Å². The van der Waals surface area contributed by atoms with Crippen LogP contribution in [0.15, 0.2) is 36.5 Å². The molecule has 0 amide bonds. The monoisotopic (exact) mass is 339 g/mol. The zero-order valence-electron chi connectivity index (χ0n) is 15.0. The number of fused-ring (bicyclic) bond motifs is 3. The molecule has 3 saturated heterocycles. The van der Waals surface area contributed by atoms with Gasteiger partial charge in [0, 0.05) is 17.6 Å². The van der Waals surface area contributed by atoms with Crippen LogP contribution in [0.4, 0.5) is 10.1 Å². The van der Waals surface area contributed by atoms with Gasteiger partial charge in [0.05, 0.1) is 17.6 Å². The molecule has 1 aromatic carbocycles. The van der Waals surface area contributed by atoms with Crippen molar-refractivity contribution in [2.75, 3.05) is 18.4 Å². The van der Waals surface area contributed by atoms with Crippen LogP contribution < -0.4 is 5.32 Å². The average Bonchev–Trinajstić information content (AvgIpc) is 2.66. The summed E-state index contributed by atoms with van der Waals surface area (Å²) >= 11 is 0. The Balaban J connectivity index is 1.53. The number of hydrogen-bond acceptors (Lipinski definition) is 3.